The molecule has 0 unspecified atom stereocenters. The maximum Gasteiger partial charge on any atom is 0.407 e. The molecule has 0 fully saturated rings. The Labute approximate surface area is 145 Å². The van der Waals surface area contributed by atoms with Gasteiger partial charge in [-0.15, -0.1) is 0 Å². The highest BCUT2D eigenvalue weighted by Gasteiger charge is 2.29. The summed E-state index contributed by atoms with van der Waals surface area (Å²) in [6.45, 7) is -0.318. The van der Waals surface area contributed by atoms with Gasteiger partial charge in [-0.05, 0) is 22.3 Å². The van der Waals surface area contributed by atoms with E-state index in [0.29, 0.717) is 0 Å². The number of aliphatic hydroxyl groups excluding tert-OH is 1. The van der Waals surface area contributed by atoms with Crippen LogP contribution in [0, 0.1) is 0 Å². The van der Waals surface area contributed by atoms with Gasteiger partial charge in [0.1, 0.15) is 6.61 Å². The van der Waals surface area contributed by atoms with Gasteiger partial charge in [0.15, 0.2) is 0 Å². The van der Waals surface area contributed by atoms with Crippen LogP contribution in [0.4, 0.5) is 4.79 Å². The first kappa shape index (κ1) is 17.0. The predicted molar refractivity (Wildman–Crippen MR) is 91.3 cm³/mol. The summed E-state index contributed by atoms with van der Waals surface area (Å²) in [6.07, 6.45) is -1.09. The topological polar surface area (TPSA) is 95.9 Å². The number of ether oxygens (including phenoxy) is 1. The molecule has 0 aliphatic heterocycles. The van der Waals surface area contributed by atoms with Crippen LogP contribution in [-0.4, -0.2) is 41.5 Å². The minimum absolute atomic E-state index is 0.0646. The summed E-state index contributed by atoms with van der Waals surface area (Å²) < 4.78 is 5.30. The number of nitrogens with one attached hydrogen (secondary N) is 1. The molecule has 6 heteroatoms. The van der Waals surface area contributed by atoms with Crippen LogP contribution in [0.1, 0.15) is 23.5 Å². The van der Waals surface area contributed by atoms with E-state index in [2.05, 4.69) is 5.32 Å². The number of fused-ring (bicyclic) bond motifs is 3. The molecule has 2 aromatic carbocycles. The summed E-state index contributed by atoms with van der Waals surface area (Å²) in [5, 5.41) is 20.3. The average Bonchev–Trinajstić information content (AvgIpc) is 2.93. The van der Waals surface area contributed by atoms with E-state index in [-0.39, 0.29) is 18.9 Å². The molecule has 0 bridgehead atoms. The number of benzene rings is 2. The van der Waals surface area contributed by atoms with Crippen LogP contribution in [-0.2, 0) is 9.53 Å². The highest BCUT2D eigenvalue weighted by atomic mass is 16.5. The Morgan fingerprint density at radius 3 is 2.12 bits per heavy atom. The Bertz CT molecular complexity index is 743. The first-order valence-electron chi connectivity index (χ1n) is 8.04. The molecule has 0 aromatic heterocycles. The smallest absolute Gasteiger partial charge is 0.407 e. The zero-order valence-corrected chi connectivity index (χ0v) is 13.5. The van der Waals surface area contributed by atoms with E-state index in [9.17, 15) is 9.59 Å². The van der Waals surface area contributed by atoms with Gasteiger partial charge in [0.2, 0.25) is 0 Å². The second-order valence-corrected chi connectivity index (χ2v) is 5.95. The lowest BCUT2D eigenvalue weighted by Gasteiger charge is -2.17. The molecule has 6 nitrogen and oxygen atoms in total. The lowest BCUT2D eigenvalue weighted by molar-refractivity contribution is -0.137. The van der Waals surface area contributed by atoms with E-state index >= 15 is 0 Å². The molecule has 0 heterocycles. The molecular formula is C19H19NO5. The molecule has 3 rings (SSSR count). The summed E-state index contributed by atoms with van der Waals surface area (Å²) in [6, 6.07) is 15.1. The first-order valence-corrected chi connectivity index (χ1v) is 8.04. The van der Waals surface area contributed by atoms with Gasteiger partial charge in [0, 0.05) is 5.92 Å². The van der Waals surface area contributed by atoms with Gasteiger partial charge < -0.3 is 20.3 Å². The Balaban J connectivity index is 1.69. The Kier molecular flexibility index (Phi) is 5.00. The molecule has 1 atom stereocenters. The number of amides is 1. The average molecular weight is 341 g/mol. The number of rotatable bonds is 6. The van der Waals surface area contributed by atoms with Gasteiger partial charge in [-0.25, -0.2) is 4.79 Å². The van der Waals surface area contributed by atoms with Crippen LogP contribution in [0.5, 0.6) is 0 Å². The van der Waals surface area contributed by atoms with Crippen molar-refractivity contribution in [1.82, 2.24) is 5.32 Å². The third-order valence-corrected chi connectivity index (χ3v) is 4.31. The van der Waals surface area contributed by atoms with Crippen LogP contribution in [0.3, 0.4) is 0 Å². The predicted octanol–water partition coefficient (Wildman–Crippen LogP) is 2.36. The lowest BCUT2D eigenvalue weighted by Crippen LogP contribution is -2.39. The van der Waals surface area contributed by atoms with Crippen molar-refractivity contribution in [1.29, 1.82) is 0 Å². The second-order valence-electron chi connectivity index (χ2n) is 5.95. The SMILES string of the molecule is O=C(O)C[C@H](CO)NC(=O)OCC1c2ccccc2-c2ccccc21. The molecule has 0 saturated carbocycles. The van der Waals surface area contributed by atoms with E-state index in [1.807, 2.05) is 48.5 Å². The van der Waals surface area contributed by atoms with Gasteiger partial charge in [0.25, 0.3) is 0 Å². The van der Waals surface area contributed by atoms with Crippen molar-refractivity contribution in [3.63, 3.8) is 0 Å². The van der Waals surface area contributed by atoms with Crippen LogP contribution >= 0.6 is 0 Å². The van der Waals surface area contributed by atoms with Crippen molar-refractivity contribution in [3.05, 3.63) is 59.7 Å². The number of carboxylic acids is 1. The molecular weight excluding hydrogens is 322 g/mol. The molecule has 1 aliphatic rings. The highest BCUT2D eigenvalue weighted by molar-refractivity contribution is 5.79. The van der Waals surface area contributed by atoms with Crippen LogP contribution < -0.4 is 5.32 Å². The van der Waals surface area contributed by atoms with Crippen LogP contribution in [0.15, 0.2) is 48.5 Å². The van der Waals surface area contributed by atoms with E-state index in [0.717, 1.165) is 22.3 Å². The molecule has 130 valence electrons. The zero-order chi connectivity index (χ0) is 17.8. The van der Waals surface area contributed by atoms with Gasteiger partial charge in [-0.3, -0.25) is 4.79 Å². The number of alkyl carbamates (subject to hydrolysis) is 1. The third-order valence-electron chi connectivity index (χ3n) is 4.31. The van der Waals surface area contributed by atoms with E-state index < -0.39 is 24.7 Å². The summed E-state index contributed by atoms with van der Waals surface area (Å²) in [4.78, 5) is 22.6. The Morgan fingerprint density at radius 1 is 1.04 bits per heavy atom. The van der Waals surface area contributed by atoms with Crippen LogP contribution in [0.2, 0.25) is 0 Å². The van der Waals surface area contributed by atoms with Gasteiger partial charge in [0.05, 0.1) is 19.1 Å². The van der Waals surface area contributed by atoms with Crippen molar-refractivity contribution in [2.24, 2.45) is 0 Å². The number of aliphatic carboxylic acids is 1. The standard InChI is InChI=1S/C19H19NO5/c21-10-12(9-18(22)23)20-19(24)25-11-17-15-7-3-1-5-13(15)14-6-2-4-8-16(14)17/h1-8,12,17,21H,9-11H2,(H,20,24)(H,22,23)/t12-/m1/s1. The fourth-order valence-electron chi connectivity index (χ4n) is 3.18. The molecule has 0 spiro atoms. The summed E-state index contributed by atoms with van der Waals surface area (Å²) in [7, 11) is 0. The number of carbonyl (C=O) groups excluding carboxylic acids is 1. The van der Waals surface area contributed by atoms with E-state index in [1.165, 1.54) is 0 Å². The minimum Gasteiger partial charge on any atom is -0.481 e. The number of hydrogen-bond acceptors (Lipinski definition) is 4. The quantitative estimate of drug-likeness (QED) is 0.750. The Hall–Kier alpha value is -2.86. The summed E-state index contributed by atoms with van der Waals surface area (Å²) in [5.74, 6) is -1.16. The normalized spacial score (nSPS) is 13.6. The zero-order valence-electron chi connectivity index (χ0n) is 13.5. The molecule has 3 N–H and O–H groups in total. The van der Waals surface area contributed by atoms with Crippen LogP contribution in [0.25, 0.3) is 11.1 Å². The van der Waals surface area contributed by atoms with E-state index in [1.54, 1.807) is 0 Å². The molecule has 25 heavy (non-hydrogen) atoms. The highest BCUT2D eigenvalue weighted by Crippen LogP contribution is 2.44. The van der Waals surface area contributed by atoms with Crippen molar-refractivity contribution in [2.45, 2.75) is 18.4 Å². The maximum absolute atomic E-state index is 11.9. The number of carbonyl (C=O) groups is 2. The van der Waals surface area contributed by atoms with Crippen molar-refractivity contribution in [2.75, 3.05) is 13.2 Å². The summed E-state index contributed by atoms with van der Waals surface area (Å²) in [5.41, 5.74) is 4.46. The molecule has 1 aliphatic carbocycles. The van der Waals surface area contributed by atoms with Gasteiger partial charge >= 0.3 is 12.1 Å². The lowest BCUT2D eigenvalue weighted by atomic mass is 9.98. The minimum atomic E-state index is -1.10. The monoisotopic (exact) mass is 341 g/mol. The maximum atomic E-state index is 11.9. The second kappa shape index (κ2) is 7.36. The molecule has 1 amide bonds. The van der Waals surface area contributed by atoms with Crippen molar-refractivity contribution < 1.29 is 24.5 Å². The van der Waals surface area contributed by atoms with Crippen molar-refractivity contribution >= 4 is 12.1 Å². The Morgan fingerprint density at radius 2 is 1.60 bits per heavy atom. The van der Waals surface area contributed by atoms with Gasteiger partial charge in [-0.1, -0.05) is 48.5 Å². The fourth-order valence-corrected chi connectivity index (χ4v) is 3.18. The van der Waals surface area contributed by atoms with Crippen molar-refractivity contribution in [3.8, 4) is 11.1 Å². The van der Waals surface area contributed by atoms with Gasteiger partial charge in [-0.2, -0.15) is 0 Å². The van der Waals surface area contributed by atoms with E-state index in [4.69, 9.17) is 14.9 Å². The third kappa shape index (κ3) is 3.64. The summed E-state index contributed by atoms with van der Waals surface area (Å²) >= 11 is 0. The number of aliphatic hydroxyl groups is 1. The first-order chi connectivity index (χ1) is 12.1. The number of carboxylic acid groups (broad SMARTS) is 1. The fraction of sp³-hybridized carbons (Fsp3) is 0.263. The number of hydrogen-bond donors (Lipinski definition) is 3. The largest absolute Gasteiger partial charge is 0.481 e. The molecule has 0 radical (unpaired) electrons. The molecule has 0 saturated heterocycles. The molecule has 2 aromatic rings.